The fourth-order valence-corrected chi connectivity index (χ4v) is 4.19. The van der Waals surface area contributed by atoms with Gasteiger partial charge in [-0.1, -0.05) is 5.21 Å². The van der Waals surface area contributed by atoms with E-state index in [9.17, 15) is 4.79 Å². The molecule has 1 amide bonds. The van der Waals surface area contributed by atoms with Gasteiger partial charge in [0.2, 0.25) is 0 Å². The summed E-state index contributed by atoms with van der Waals surface area (Å²) in [7, 11) is 0. The van der Waals surface area contributed by atoms with Crippen molar-refractivity contribution in [1.29, 1.82) is 0 Å². The van der Waals surface area contributed by atoms with E-state index < -0.39 is 0 Å². The summed E-state index contributed by atoms with van der Waals surface area (Å²) in [5.41, 5.74) is 0.262. The smallest absolute Gasteiger partial charge is 0.273 e. The van der Waals surface area contributed by atoms with Crippen LogP contribution in [0.1, 0.15) is 36.2 Å². The maximum Gasteiger partial charge on any atom is 0.273 e. The number of hydrogen-bond donors (Lipinski definition) is 2. The maximum atomic E-state index is 12.6. The molecule has 1 aromatic rings. The first-order valence-electron chi connectivity index (χ1n) is 10.1. The van der Waals surface area contributed by atoms with E-state index in [4.69, 9.17) is 9.47 Å². The summed E-state index contributed by atoms with van der Waals surface area (Å²) in [5.74, 6) is -0.141. The van der Waals surface area contributed by atoms with Crippen LogP contribution in [0.2, 0.25) is 0 Å². The van der Waals surface area contributed by atoms with Gasteiger partial charge in [-0.25, -0.2) is 0 Å². The molecule has 0 aliphatic carbocycles. The fraction of sp³-hybridized carbons (Fsp3) is 0.833. The van der Waals surface area contributed by atoms with Gasteiger partial charge in [0, 0.05) is 58.6 Å². The number of rotatable bonds is 5. The lowest BCUT2D eigenvalue weighted by molar-refractivity contribution is -0.139. The third kappa shape index (κ3) is 4.84. The summed E-state index contributed by atoms with van der Waals surface area (Å²) in [5, 5.41) is 14.7. The second kappa shape index (κ2) is 8.64. The van der Waals surface area contributed by atoms with Crippen molar-refractivity contribution >= 4 is 5.91 Å². The zero-order chi connectivity index (χ0) is 18.5. The quantitative estimate of drug-likeness (QED) is 0.723. The number of nitrogens with zero attached hydrogens (tertiary/aromatic N) is 4. The van der Waals surface area contributed by atoms with Crippen LogP contribution >= 0.6 is 0 Å². The van der Waals surface area contributed by atoms with Gasteiger partial charge in [0.05, 0.1) is 18.3 Å². The molecular formula is C18H30N6O3. The van der Waals surface area contributed by atoms with E-state index in [0.29, 0.717) is 12.3 Å². The molecule has 150 valence electrons. The predicted molar refractivity (Wildman–Crippen MR) is 98.6 cm³/mol. The normalized spacial score (nSPS) is 26.1. The van der Waals surface area contributed by atoms with Crippen molar-refractivity contribution < 1.29 is 14.3 Å². The summed E-state index contributed by atoms with van der Waals surface area (Å²) < 4.78 is 13.3. The van der Waals surface area contributed by atoms with Crippen LogP contribution in [0.4, 0.5) is 0 Å². The van der Waals surface area contributed by atoms with Crippen molar-refractivity contribution in [2.75, 3.05) is 52.5 Å². The molecule has 0 unspecified atom stereocenters. The highest BCUT2D eigenvalue weighted by Crippen LogP contribution is 2.34. The summed E-state index contributed by atoms with van der Waals surface area (Å²) in [6, 6.07) is 0.121. The van der Waals surface area contributed by atoms with Crippen molar-refractivity contribution in [2.45, 2.75) is 43.9 Å². The van der Waals surface area contributed by atoms with Gasteiger partial charge in [-0.05, 0) is 25.7 Å². The lowest BCUT2D eigenvalue weighted by Crippen LogP contribution is -2.51. The van der Waals surface area contributed by atoms with E-state index in [1.165, 1.54) is 0 Å². The monoisotopic (exact) mass is 378 g/mol. The van der Waals surface area contributed by atoms with Gasteiger partial charge in [0.25, 0.3) is 5.91 Å². The van der Waals surface area contributed by atoms with Gasteiger partial charge in [0.15, 0.2) is 5.69 Å². The first kappa shape index (κ1) is 18.8. The number of piperazine rings is 1. The minimum atomic E-state index is -0.141. The summed E-state index contributed by atoms with van der Waals surface area (Å²) in [4.78, 5) is 15.0. The first-order chi connectivity index (χ1) is 13.2. The Labute approximate surface area is 159 Å². The highest BCUT2D eigenvalue weighted by Gasteiger charge is 2.39. The van der Waals surface area contributed by atoms with E-state index in [0.717, 1.165) is 78.2 Å². The SMILES string of the molecule is O=C(N[C@H]1CCOC2(CCOCC2)C1)c1cn(CCN2CCNCC2)nn1. The lowest BCUT2D eigenvalue weighted by atomic mass is 9.84. The molecule has 3 aliphatic heterocycles. The molecule has 0 radical (unpaired) electrons. The van der Waals surface area contributed by atoms with Crippen LogP contribution in [0.15, 0.2) is 6.20 Å². The number of aromatic nitrogens is 3. The summed E-state index contributed by atoms with van der Waals surface area (Å²) in [6.45, 7) is 8.01. The summed E-state index contributed by atoms with van der Waals surface area (Å²) >= 11 is 0. The van der Waals surface area contributed by atoms with Crippen LogP contribution in [0.5, 0.6) is 0 Å². The fourth-order valence-electron chi connectivity index (χ4n) is 4.19. The van der Waals surface area contributed by atoms with Crippen molar-refractivity contribution in [2.24, 2.45) is 0 Å². The number of ether oxygens (including phenoxy) is 2. The van der Waals surface area contributed by atoms with Gasteiger partial charge in [-0.15, -0.1) is 5.10 Å². The van der Waals surface area contributed by atoms with E-state index in [-0.39, 0.29) is 17.6 Å². The van der Waals surface area contributed by atoms with Crippen LogP contribution in [0.3, 0.4) is 0 Å². The molecule has 3 saturated heterocycles. The number of carbonyl (C=O) groups excluding carboxylic acids is 1. The second-order valence-electron chi connectivity index (χ2n) is 7.77. The van der Waals surface area contributed by atoms with E-state index in [2.05, 4.69) is 25.8 Å². The van der Waals surface area contributed by atoms with Crippen LogP contribution in [-0.2, 0) is 16.0 Å². The molecule has 0 saturated carbocycles. The average molecular weight is 378 g/mol. The van der Waals surface area contributed by atoms with Crippen molar-refractivity contribution in [3.05, 3.63) is 11.9 Å². The molecule has 1 atom stereocenters. The molecule has 27 heavy (non-hydrogen) atoms. The zero-order valence-corrected chi connectivity index (χ0v) is 15.9. The Morgan fingerprint density at radius 2 is 2.07 bits per heavy atom. The van der Waals surface area contributed by atoms with E-state index in [1.54, 1.807) is 10.9 Å². The first-order valence-corrected chi connectivity index (χ1v) is 10.1. The van der Waals surface area contributed by atoms with Gasteiger partial charge >= 0.3 is 0 Å². The Balaban J connectivity index is 1.27. The molecule has 0 aromatic carbocycles. The summed E-state index contributed by atoms with van der Waals surface area (Å²) in [6.07, 6.45) is 5.24. The largest absolute Gasteiger partial charge is 0.381 e. The van der Waals surface area contributed by atoms with Crippen molar-refractivity contribution in [3.8, 4) is 0 Å². The van der Waals surface area contributed by atoms with Gasteiger partial charge in [-0.3, -0.25) is 14.4 Å². The van der Waals surface area contributed by atoms with Crippen molar-refractivity contribution in [1.82, 2.24) is 30.5 Å². The third-order valence-corrected chi connectivity index (χ3v) is 5.86. The molecular weight excluding hydrogens is 348 g/mol. The number of amides is 1. The van der Waals surface area contributed by atoms with Gasteiger partial charge in [0.1, 0.15) is 0 Å². The van der Waals surface area contributed by atoms with Crippen LogP contribution in [-0.4, -0.2) is 90.0 Å². The Bertz CT molecular complexity index is 619. The Kier molecular flexibility index (Phi) is 6.01. The third-order valence-electron chi connectivity index (χ3n) is 5.86. The number of carbonyl (C=O) groups is 1. The predicted octanol–water partition coefficient (Wildman–Crippen LogP) is -0.359. The Morgan fingerprint density at radius 3 is 2.89 bits per heavy atom. The molecule has 1 spiro atoms. The molecule has 9 heteroatoms. The standard InChI is InChI=1S/C18H30N6O3/c25-17(20-15-1-10-27-18(13-15)2-11-26-12-3-18)16-14-24(22-21-16)9-8-23-6-4-19-5-7-23/h14-15,19H,1-13H2,(H,20,25)/t15-/m0/s1. The highest BCUT2D eigenvalue weighted by atomic mass is 16.5. The minimum absolute atomic E-state index is 0.121. The van der Waals surface area contributed by atoms with Crippen LogP contribution in [0, 0.1) is 0 Å². The minimum Gasteiger partial charge on any atom is -0.381 e. The average Bonchev–Trinajstić information content (AvgIpc) is 3.17. The molecule has 4 heterocycles. The molecule has 2 N–H and O–H groups in total. The second-order valence-corrected chi connectivity index (χ2v) is 7.77. The molecule has 3 fully saturated rings. The van der Waals surface area contributed by atoms with Gasteiger partial charge in [-0.2, -0.15) is 0 Å². The number of hydrogen-bond acceptors (Lipinski definition) is 7. The van der Waals surface area contributed by atoms with Crippen molar-refractivity contribution in [3.63, 3.8) is 0 Å². The molecule has 0 bridgehead atoms. The molecule has 3 aliphatic rings. The van der Waals surface area contributed by atoms with Crippen LogP contribution in [0.25, 0.3) is 0 Å². The lowest BCUT2D eigenvalue weighted by Gasteiger charge is -2.43. The van der Waals surface area contributed by atoms with Gasteiger partial charge < -0.3 is 20.1 Å². The van der Waals surface area contributed by atoms with Crippen LogP contribution < -0.4 is 10.6 Å². The highest BCUT2D eigenvalue weighted by molar-refractivity contribution is 5.92. The molecule has 4 rings (SSSR count). The Morgan fingerprint density at radius 1 is 1.26 bits per heavy atom. The molecule has 1 aromatic heterocycles. The van der Waals surface area contributed by atoms with E-state index in [1.807, 2.05) is 0 Å². The Hall–Kier alpha value is -1.55. The van der Waals surface area contributed by atoms with E-state index >= 15 is 0 Å². The maximum absolute atomic E-state index is 12.6. The topological polar surface area (TPSA) is 93.5 Å². The number of nitrogens with one attached hydrogen (secondary N) is 2. The molecule has 9 nitrogen and oxygen atoms in total. The zero-order valence-electron chi connectivity index (χ0n) is 15.9.